The van der Waals surface area contributed by atoms with Crippen LogP contribution < -0.4 is 10.4 Å². The van der Waals surface area contributed by atoms with Crippen molar-refractivity contribution in [3.05, 3.63) is 60.7 Å². The van der Waals surface area contributed by atoms with Crippen LogP contribution in [0.25, 0.3) is 0 Å². The summed E-state index contributed by atoms with van der Waals surface area (Å²) in [5.41, 5.74) is 0. The highest BCUT2D eigenvalue weighted by Gasteiger charge is 2.53. The predicted molar refractivity (Wildman–Crippen MR) is 124 cm³/mol. The van der Waals surface area contributed by atoms with Crippen LogP contribution in [0.15, 0.2) is 60.7 Å². The van der Waals surface area contributed by atoms with E-state index in [9.17, 15) is 4.79 Å². The quantitative estimate of drug-likeness (QED) is 0.505. The highest BCUT2D eigenvalue weighted by atomic mass is 28.4. The normalized spacial score (nSPS) is 24.6. The van der Waals surface area contributed by atoms with E-state index in [0.717, 1.165) is 0 Å². The number of carbonyl (C=O) groups excluding carboxylic acids is 1. The van der Waals surface area contributed by atoms with Crippen molar-refractivity contribution in [1.29, 1.82) is 0 Å². The van der Waals surface area contributed by atoms with Gasteiger partial charge in [-0.2, -0.15) is 0 Å². The van der Waals surface area contributed by atoms with E-state index in [1.807, 2.05) is 19.1 Å². The Bertz CT molecular complexity index is 810. The van der Waals surface area contributed by atoms with E-state index in [2.05, 4.69) is 69.3 Å². The van der Waals surface area contributed by atoms with Crippen molar-refractivity contribution in [2.24, 2.45) is 0 Å². The van der Waals surface area contributed by atoms with Gasteiger partial charge < -0.3 is 18.6 Å². The molecule has 4 atom stereocenters. The third-order valence-electron chi connectivity index (χ3n) is 5.94. The molecule has 0 N–H and O–H groups in total. The van der Waals surface area contributed by atoms with Crippen LogP contribution in [-0.2, 0) is 23.4 Å². The molecule has 5 nitrogen and oxygen atoms in total. The molecule has 0 bridgehead atoms. The van der Waals surface area contributed by atoms with Gasteiger partial charge in [-0.1, -0.05) is 81.4 Å². The summed E-state index contributed by atoms with van der Waals surface area (Å²) in [7, 11) is -1.16. The molecular formula is C25H34O5Si. The molecule has 2 aromatic carbocycles. The molecule has 0 amide bonds. The van der Waals surface area contributed by atoms with Crippen LogP contribution >= 0.6 is 0 Å². The average Bonchev–Trinajstić information content (AvgIpc) is 2.74. The van der Waals surface area contributed by atoms with Gasteiger partial charge in [0.15, 0.2) is 6.29 Å². The molecule has 1 heterocycles. The van der Waals surface area contributed by atoms with Crippen molar-refractivity contribution in [3.63, 3.8) is 0 Å². The Morgan fingerprint density at radius 1 is 0.968 bits per heavy atom. The number of hydrogen-bond donors (Lipinski definition) is 0. The molecule has 0 spiro atoms. The number of ether oxygens (including phenoxy) is 3. The average molecular weight is 443 g/mol. The van der Waals surface area contributed by atoms with E-state index >= 15 is 0 Å². The summed E-state index contributed by atoms with van der Waals surface area (Å²) < 4.78 is 24.5. The monoisotopic (exact) mass is 442 g/mol. The van der Waals surface area contributed by atoms with Crippen molar-refractivity contribution >= 4 is 24.7 Å². The first-order valence-electron chi connectivity index (χ1n) is 10.8. The van der Waals surface area contributed by atoms with Crippen LogP contribution in [0, 0.1) is 0 Å². The molecule has 6 heteroatoms. The number of esters is 1. The topological polar surface area (TPSA) is 54.0 Å². The molecule has 1 aliphatic rings. The lowest BCUT2D eigenvalue weighted by atomic mass is 10.0. The second-order valence-electron chi connectivity index (χ2n) is 9.15. The number of hydrogen-bond acceptors (Lipinski definition) is 5. The number of methoxy groups -OCH3 is 1. The maximum atomic E-state index is 11.7. The summed E-state index contributed by atoms with van der Waals surface area (Å²) in [6, 6.07) is 20.9. The van der Waals surface area contributed by atoms with Crippen molar-refractivity contribution in [1.82, 2.24) is 0 Å². The van der Waals surface area contributed by atoms with Crippen molar-refractivity contribution < 1.29 is 23.4 Å². The molecule has 1 saturated heterocycles. The van der Waals surface area contributed by atoms with E-state index in [1.165, 1.54) is 17.3 Å². The summed E-state index contributed by atoms with van der Waals surface area (Å²) in [6.45, 7) is 10.0. The van der Waals surface area contributed by atoms with Gasteiger partial charge in [-0.15, -0.1) is 0 Å². The Labute approximate surface area is 186 Å². The van der Waals surface area contributed by atoms with Crippen LogP contribution in [-0.4, -0.2) is 46.0 Å². The first kappa shape index (κ1) is 23.7. The minimum Gasteiger partial charge on any atom is -0.460 e. The maximum absolute atomic E-state index is 11.7. The van der Waals surface area contributed by atoms with Crippen LogP contribution in [0.4, 0.5) is 0 Å². The second-order valence-corrected chi connectivity index (χ2v) is 13.4. The molecule has 0 aliphatic carbocycles. The Morgan fingerprint density at radius 2 is 1.48 bits per heavy atom. The van der Waals surface area contributed by atoms with E-state index < -0.39 is 14.6 Å². The van der Waals surface area contributed by atoms with Gasteiger partial charge in [0.1, 0.15) is 12.2 Å². The molecular weight excluding hydrogens is 408 g/mol. The zero-order valence-electron chi connectivity index (χ0n) is 19.3. The molecule has 31 heavy (non-hydrogen) atoms. The van der Waals surface area contributed by atoms with Gasteiger partial charge in [0, 0.05) is 20.5 Å². The van der Waals surface area contributed by atoms with Crippen LogP contribution in [0.1, 0.15) is 41.0 Å². The van der Waals surface area contributed by atoms with Gasteiger partial charge >= 0.3 is 5.97 Å². The Hall–Kier alpha value is -1.99. The molecule has 2 aromatic rings. The zero-order valence-corrected chi connectivity index (χ0v) is 20.3. The molecule has 1 fully saturated rings. The van der Waals surface area contributed by atoms with Crippen LogP contribution in [0.3, 0.4) is 0 Å². The Balaban J connectivity index is 2.10. The third kappa shape index (κ3) is 4.93. The van der Waals surface area contributed by atoms with Crippen molar-refractivity contribution in [2.75, 3.05) is 7.11 Å². The minimum atomic E-state index is -2.79. The fourth-order valence-electron chi connectivity index (χ4n) is 4.50. The first-order valence-corrected chi connectivity index (χ1v) is 12.7. The lowest BCUT2D eigenvalue weighted by Gasteiger charge is -2.48. The fraction of sp³-hybridized carbons (Fsp3) is 0.480. The van der Waals surface area contributed by atoms with Crippen LogP contribution in [0.2, 0.25) is 5.04 Å². The minimum absolute atomic E-state index is 0.173. The van der Waals surface area contributed by atoms with E-state index in [0.29, 0.717) is 6.42 Å². The maximum Gasteiger partial charge on any atom is 0.302 e. The van der Waals surface area contributed by atoms with Gasteiger partial charge in [-0.05, 0) is 22.3 Å². The molecule has 3 rings (SSSR count). The largest absolute Gasteiger partial charge is 0.460 e. The standard InChI is InChI=1S/C25H34O5Si/c1-18-22(29-19(2)26)17-23(24(27-6)28-18)30-31(25(3,4)5,20-13-9-7-10-14-20)21-15-11-8-12-16-21/h7-16,18,22-24H,17H2,1-6H3/t18-,22+,23+,24+/m1/s1. The van der Waals surface area contributed by atoms with E-state index in [4.69, 9.17) is 18.6 Å². The predicted octanol–water partition coefficient (Wildman–Crippen LogP) is 3.64. The number of rotatable bonds is 6. The van der Waals surface area contributed by atoms with Gasteiger partial charge in [-0.3, -0.25) is 4.79 Å². The van der Waals surface area contributed by atoms with Crippen LogP contribution in [0.5, 0.6) is 0 Å². The molecule has 0 aromatic heterocycles. The molecule has 0 saturated carbocycles. The summed E-state index contributed by atoms with van der Waals surface area (Å²) in [5.74, 6) is -0.319. The number of carbonyl (C=O) groups is 1. The first-order chi connectivity index (χ1) is 14.7. The van der Waals surface area contributed by atoms with Crippen molar-refractivity contribution in [3.8, 4) is 0 Å². The molecule has 1 aliphatic heterocycles. The zero-order chi connectivity index (χ0) is 22.6. The van der Waals surface area contributed by atoms with Gasteiger partial charge in [0.2, 0.25) is 0 Å². The summed E-state index contributed by atoms with van der Waals surface area (Å²) >= 11 is 0. The van der Waals surface area contributed by atoms with E-state index in [1.54, 1.807) is 7.11 Å². The fourth-order valence-corrected chi connectivity index (χ4v) is 9.18. The Morgan fingerprint density at radius 3 is 1.90 bits per heavy atom. The lowest BCUT2D eigenvalue weighted by molar-refractivity contribution is -0.251. The van der Waals surface area contributed by atoms with Gasteiger partial charge in [0.25, 0.3) is 8.32 Å². The van der Waals surface area contributed by atoms with Gasteiger partial charge in [0.05, 0.1) is 6.10 Å². The smallest absolute Gasteiger partial charge is 0.302 e. The SMILES string of the molecule is CO[C@H]1O[C@H](C)[C@@H](OC(C)=O)C[C@@H]1O[Si](c1ccccc1)(c1ccccc1)C(C)(C)C. The third-order valence-corrected chi connectivity index (χ3v) is 11.0. The van der Waals surface area contributed by atoms with E-state index in [-0.39, 0.29) is 29.3 Å². The summed E-state index contributed by atoms with van der Waals surface area (Å²) in [4.78, 5) is 11.7. The second kappa shape index (κ2) is 9.65. The molecule has 0 radical (unpaired) electrons. The number of benzene rings is 2. The molecule has 0 unspecified atom stereocenters. The molecule has 168 valence electrons. The summed E-state index contributed by atoms with van der Waals surface area (Å²) in [6.07, 6.45) is -1.05. The summed E-state index contributed by atoms with van der Waals surface area (Å²) in [5, 5.41) is 2.20. The van der Waals surface area contributed by atoms with Gasteiger partial charge in [-0.25, -0.2) is 0 Å². The highest BCUT2D eigenvalue weighted by molar-refractivity contribution is 6.99. The van der Waals surface area contributed by atoms with Crippen molar-refractivity contribution in [2.45, 2.75) is 70.7 Å². The Kier molecular flexibility index (Phi) is 7.37. The highest BCUT2D eigenvalue weighted by Crippen LogP contribution is 2.39. The lowest BCUT2D eigenvalue weighted by Crippen LogP contribution is -2.69.